The average Bonchev–Trinajstić information content (AvgIpc) is 2.94. The third-order valence-corrected chi connectivity index (χ3v) is 3.81. The Labute approximate surface area is 113 Å². The molecule has 2 aromatic heterocycles. The average molecular weight is 274 g/mol. The fourth-order valence-electron chi connectivity index (χ4n) is 1.89. The quantitative estimate of drug-likeness (QED) is 0.713. The van der Waals surface area contributed by atoms with Crippen molar-refractivity contribution < 1.29 is 0 Å². The summed E-state index contributed by atoms with van der Waals surface area (Å²) in [4.78, 5) is 5.21. The van der Waals surface area contributed by atoms with E-state index in [-0.39, 0.29) is 0 Å². The second-order valence-electron chi connectivity index (χ2n) is 3.83. The molecule has 0 saturated heterocycles. The molecule has 3 aromatic rings. The van der Waals surface area contributed by atoms with Crippen molar-refractivity contribution in [1.29, 1.82) is 5.26 Å². The van der Waals surface area contributed by atoms with Gasteiger partial charge in [-0.3, -0.25) is 4.40 Å². The SMILES string of the molecule is N#CCc1cnc2scc(-c3ccc(Cl)cc3)n12. The first-order valence-electron chi connectivity index (χ1n) is 5.36. The minimum Gasteiger partial charge on any atom is -0.286 e. The highest BCUT2D eigenvalue weighted by Gasteiger charge is 2.11. The summed E-state index contributed by atoms with van der Waals surface area (Å²) in [5.41, 5.74) is 3.04. The minimum atomic E-state index is 0.360. The number of nitrogens with zero attached hydrogens (tertiary/aromatic N) is 3. The number of hydrogen-bond donors (Lipinski definition) is 0. The number of hydrogen-bond acceptors (Lipinski definition) is 3. The third-order valence-electron chi connectivity index (χ3n) is 2.72. The van der Waals surface area contributed by atoms with Crippen molar-refractivity contribution in [3.63, 3.8) is 0 Å². The molecule has 0 N–H and O–H groups in total. The molecular formula is C13H8ClN3S. The van der Waals surface area contributed by atoms with Crippen LogP contribution in [0.5, 0.6) is 0 Å². The Morgan fingerprint density at radius 3 is 2.83 bits per heavy atom. The number of rotatable bonds is 2. The zero-order chi connectivity index (χ0) is 12.5. The van der Waals surface area contributed by atoms with E-state index in [1.165, 1.54) is 0 Å². The first kappa shape index (κ1) is 11.3. The summed E-state index contributed by atoms with van der Waals surface area (Å²) in [5, 5.41) is 11.6. The van der Waals surface area contributed by atoms with Crippen molar-refractivity contribution in [1.82, 2.24) is 9.38 Å². The number of benzene rings is 1. The molecule has 18 heavy (non-hydrogen) atoms. The predicted octanol–water partition coefficient (Wildman–Crippen LogP) is 3.78. The lowest BCUT2D eigenvalue weighted by molar-refractivity contribution is 1.08. The van der Waals surface area contributed by atoms with E-state index < -0.39 is 0 Å². The van der Waals surface area contributed by atoms with E-state index in [2.05, 4.69) is 11.1 Å². The van der Waals surface area contributed by atoms with Crippen LogP contribution in [0, 0.1) is 11.3 Å². The molecule has 3 nitrogen and oxygen atoms in total. The van der Waals surface area contributed by atoms with Crippen molar-refractivity contribution in [3.8, 4) is 17.3 Å². The second kappa shape index (κ2) is 4.45. The van der Waals surface area contributed by atoms with Gasteiger partial charge in [0, 0.05) is 10.4 Å². The van der Waals surface area contributed by atoms with Gasteiger partial charge in [-0.05, 0) is 17.7 Å². The molecule has 0 aliphatic rings. The van der Waals surface area contributed by atoms with Crippen molar-refractivity contribution in [2.45, 2.75) is 6.42 Å². The van der Waals surface area contributed by atoms with Crippen molar-refractivity contribution in [2.24, 2.45) is 0 Å². The molecule has 3 rings (SSSR count). The Morgan fingerprint density at radius 1 is 1.33 bits per heavy atom. The largest absolute Gasteiger partial charge is 0.286 e. The predicted molar refractivity (Wildman–Crippen MR) is 72.8 cm³/mol. The Bertz CT molecular complexity index is 734. The molecule has 0 radical (unpaired) electrons. The maximum atomic E-state index is 8.83. The molecule has 0 unspecified atom stereocenters. The van der Waals surface area contributed by atoms with E-state index in [0.717, 1.165) is 21.9 Å². The van der Waals surface area contributed by atoms with Gasteiger partial charge in [-0.15, -0.1) is 11.3 Å². The van der Waals surface area contributed by atoms with E-state index in [1.807, 2.05) is 34.0 Å². The Kier molecular flexibility index (Phi) is 2.78. The van der Waals surface area contributed by atoms with Crippen molar-refractivity contribution >= 4 is 27.9 Å². The highest BCUT2D eigenvalue weighted by molar-refractivity contribution is 7.15. The Morgan fingerprint density at radius 2 is 2.11 bits per heavy atom. The molecule has 0 amide bonds. The molecule has 0 fully saturated rings. The number of imidazole rings is 1. The van der Waals surface area contributed by atoms with E-state index in [9.17, 15) is 0 Å². The van der Waals surface area contributed by atoms with Gasteiger partial charge in [0.1, 0.15) is 0 Å². The molecule has 5 heteroatoms. The van der Waals surface area contributed by atoms with E-state index >= 15 is 0 Å². The van der Waals surface area contributed by atoms with Crippen LogP contribution in [-0.4, -0.2) is 9.38 Å². The van der Waals surface area contributed by atoms with Crippen molar-refractivity contribution in [3.05, 3.63) is 46.6 Å². The second-order valence-corrected chi connectivity index (χ2v) is 5.10. The molecule has 0 aliphatic heterocycles. The summed E-state index contributed by atoms with van der Waals surface area (Å²) in [6, 6.07) is 9.83. The maximum Gasteiger partial charge on any atom is 0.194 e. The van der Waals surface area contributed by atoms with Crippen LogP contribution in [0.1, 0.15) is 5.69 Å². The van der Waals surface area contributed by atoms with Crippen LogP contribution in [0.2, 0.25) is 5.02 Å². The number of fused-ring (bicyclic) bond motifs is 1. The molecule has 0 saturated carbocycles. The summed E-state index contributed by atoms with van der Waals surface area (Å²) in [6.45, 7) is 0. The highest BCUT2D eigenvalue weighted by Crippen LogP contribution is 2.28. The van der Waals surface area contributed by atoms with E-state index in [0.29, 0.717) is 11.4 Å². The van der Waals surface area contributed by atoms with Gasteiger partial charge in [0.25, 0.3) is 0 Å². The van der Waals surface area contributed by atoms with Gasteiger partial charge < -0.3 is 0 Å². The van der Waals surface area contributed by atoms with Gasteiger partial charge in [0.2, 0.25) is 0 Å². The Hall–Kier alpha value is -1.83. The minimum absolute atomic E-state index is 0.360. The van der Waals surface area contributed by atoms with Gasteiger partial charge in [0.05, 0.1) is 30.1 Å². The van der Waals surface area contributed by atoms with Gasteiger partial charge in [-0.2, -0.15) is 5.26 Å². The summed E-state index contributed by atoms with van der Waals surface area (Å²) in [6.07, 6.45) is 2.12. The lowest BCUT2D eigenvalue weighted by Gasteiger charge is -2.02. The summed E-state index contributed by atoms with van der Waals surface area (Å²) >= 11 is 7.46. The highest BCUT2D eigenvalue weighted by atomic mass is 35.5. The third kappa shape index (κ3) is 1.78. The summed E-state index contributed by atoms with van der Waals surface area (Å²) in [7, 11) is 0. The smallest absolute Gasteiger partial charge is 0.194 e. The first-order chi connectivity index (χ1) is 8.79. The Balaban J connectivity index is 2.20. The molecule has 1 aromatic carbocycles. The van der Waals surface area contributed by atoms with E-state index in [1.54, 1.807) is 17.5 Å². The zero-order valence-electron chi connectivity index (χ0n) is 9.30. The van der Waals surface area contributed by atoms with Crippen molar-refractivity contribution in [2.75, 3.05) is 0 Å². The normalized spacial score (nSPS) is 10.7. The molecule has 2 heterocycles. The maximum absolute atomic E-state index is 8.83. The number of aromatic nitrogens is 2. The summed E-state index contributed by atoms with van der Waals surface area (Å²) < 4.78 is 2.02. The van der Waals surface area contributed by atoms with Crippen LogP contribution in [0.3, 0.4) is 0 Å². The first-order valence-corrected chi connectivity index (χ1v) is 6.62. The van der Waals surface area contributed by atoms with Crippen LogP contribution in [0.4, 0.5) is 0 Å². The molecule has 0 bridgehead atoms. The monoisotopic (exact) mass is 273 g/mol. The summed E-state index contributed by atoms with van der Waals surface area (Å²) in [5.74, 6) is 0. The van der Waals surface area contributed by atoms with Crippen LogP contribution >= 0.6 is 22.9 Å². The molecule has 0 spiro atoms. The zero-order valence-corrected chi connectivity index (χ0v) is 10.9. The number of halogens is 1. The molecular weight excluding hydrogens is 266 g/mol. The fraction of sp³-hybridized carbons (Fsp3) is 0.0769. The van der Waals surface area contributed by atoms with Gasteiger partial charge in [-0.1, -0.05) is 23.7 Å². The fourth-order valence-corrected chi connectivity index (χ4v) is 2.91. The molecule has 88 valence electrons. The van der Waals surface area contributed by atoms with Crippen LogP contribution in [0.15, 0.2) is 35.8 Å². The number of nitriles is 1. The number of thiazole rings is 1. The van der Waals surface area contributed by atoms with Crippen LogP contribution in [0.25, 0.3) is 16.2 Å². The van der Waals surface area contributed by atoms with Gasteiger partial charge in [-0.25, -0.2) is 4.98 Å². The lowest BCUT2D eigenvalue weighted by atomic mass is 10.2. The van der Waals surface area contributed by atoms with E-state index in [4.69, 9.17) is 16.9 Å². The van der Waals surface area contributed by atoms with Gasteiger partial charge in [0.15, 0.2) is 4.96 Å². The van der Waals surface area contributed by atoms with Gasteiger partial charge >= 0.3 is 0 Å². The standard InChI is InChI=1S/C13H8ClN3S/c14-10-3-1-9(2-4-10)12-8-18-13-16-7-11(5-6-15)17(12)13/h1-4,7-8H,5H2. The molecule has 0 aliphatic carbocycles. The molecule has 0 atom stereocenters. The van der Waals surface area contributed by atoms with Crippen LogP contribution < -0.4 is 0 Å². The van der Waals surface area contributed by atoms with Crippen LogP contribution in [-0.2, 0) is 6.42 Å². The lowest BCUT2D eigenvalue weighted by Crippen LogP contribution is -1.92. The topological polar surface area (TPSA) is 41.1 Å².